The van der Waals surface area contributed by atoms with Crippen LogP contribution in [-0.2, 0) is 9.59 Å². The average Bonchev–Trinajstić information content (AvgIpc) is 3.30. The molecule has 122 valence electrons. The fraction of sp³-hybridized carbons (Fsp3) is 0.176. The SMILES string of the molecule is CN1C(=O)C(=O)/C(=C(/O)c2ccc3c(c2)OCO3)C1c1cccs1. The van der Waals surface area contributed by atoms with Crippen molar-refractivity contribution in [2.24, 2.45) is 0 Å². The van der Waals surface area contributed by atoms with Gasteiger partial charge in [0, 0.05) is 17.5 Å². The number of aliphatic hydroxyl groups is 1. The van der Waals surface area contributed by atoms with Crippen LogP contribution in [-0.4, -0.2) is 35.5 Å². The molecule has 2 aliphatic heterocycles. The van der Waals surface area contributed by atoms with E-state index >= 15 is 0 Å². The molecule has 0 aliphatic carbocycles. The monoisotopic (exact) mass is 343 g/mol. The first kappa shape index (κ1) is 14.8. The van der Waals surface area contributed by atoms with Gasteiger partial charge in [-0.2, -0.15) is 0 Å². The van der Waals surface area contributed by atoms with Crippen LogP contribution in [0.4, 0.5) is 0 Å². The lowest BCUT2D eigenvalue weighted by Gasteiger charge is -2.19. The minimum atomic E-state index is -0.689. The summed E-state index contributed by atoms with van der Waals surface area (Å²) in [5.41, 5.74) is 0.496. The molecule has 0 radical (unpaired) electrons. The van der Waals surface area contributed by atoms with E-state index in [-0.39, 0.29) is 18.1 Å². The highest BCUT2D eigenvalue weighted by Crippen LogP contribution is 2.41. The number of nitrogens with zero attached hydrogens (tertiary/aromatic N) is 1. The van der Waals surface area contributed by atoms with Crippen molar-refractivity contribution in [2.75, 3.05) is 13.8 Å². The third kappa shape index (κ3) is 2.09. The van der Waals surface area contributed by atoms with E-state index in [0.29, 0.717) is 17.1 Å². The number of rotatable bonds is 2. The van der Waals surface area contributed by atoms with E-state index in [4.69, 9.17) is 9.47 Å². The molecule has 24 heavy (non-hydrogen) atoms. The van der Waals surface area contributed by atoms with Crippen LogP contribution < -0.4 is 9.47 Å². The van der Waals surface area contributed by atoms with Crippen LogP contribution in [0, 0.1) is 0 Å². The molecule has 1 atom stereocenters. The van der Waals surface area contributed by atoms with Crippen LogP contribution in [0.1, 0.15) is 16.5 Å². The van der Waals surface area contributed by atoms with E-state index in [1.165, 1.54) is 16.2 Å². The number of ether oxygens (including phenoxy) is 2. The van der Waals surface area contributed by atoms with Gasteiger partial charge >= 0.3 is 0 Å². The Labute approximate surface area is 141 Å². The number of benzene rings is 1. The Balaban J connectivity index is 1.86. The topological polar surface area (TPSA) is 76.1 Å². The van der Waals surface area contributed by atoms with Crippen molar-refractivity contribution in [3.8, 4) is 11.5 Å². The maximum atomic E-state index is 12.4. The van der Waals surface area contributed by atoms with Gasteiger partial charge in [-0.3, -0.25) is 9.59 Å². The normalized spacial score (nSPS) is 21.5. The molecule has 1 aromatic carbocycles. The van der Waals surface area contributed by atoms with E-state index in [1.807, 2.05) is 17.5 Å². The van der Waals surface area contributed by atoms with Gasteiger partial charge in [0.1, 0.15) is 5.76 Å². The van der Waals surface area contributed by atoms with E-state index in [9.17, 15) is 14.7 Å². The number of fused-ring (bicyclic) bond motifs is 1. The second-order valence-corrected chi connectivity index (χ2v) is 6.47. The number of likely N-dealkylation sites (N-methyl/N-ethyl adjacent to an activating group) is 1. The van der Waals surface area contributed by atoms with Gasteiger partial charge in [-0.15, -0.1) is 11.3 Å². The number of hydrogen-bond donors (Lipinski definition) is 1. The molecule has 1 saturated heterocycles. The average molecular weight is 343 g/mol. The van der Waals surface area contributed by atoms with Gasteiger partial charge in [0.15, 0.2) is 11.5 Å². The van der Waals surface area contributed by atoms with Crippen LogP contribution in [0.5, 0.6) is 11.5 Å². The Bertz CT molecular complexity index is 871. The molecular formula is C17H13NO5S. The molecule has 3 heterocycles. The first-order valence-electron chi connectivity index (χ1n) is 7.26. The van der Waals surface area contributed by atoms with E-state index in [0.717, 1.165) is 4.88 Å². The van der Waals surface area contributed by atoms with Crippen LogP contribution in [0.25, 0.3) is 5.76 Å². The Morgan fingerprint density at radius 3 is 2.79 bits per heavy atom. The summed E-state index contributed by atoms with van der Waals surface area (Å²) >= 11 is 1.43. The molecule has 4 rings (SSSR count). The predicted octanol–water partition coefficient (Wildman–Crippen LogP) is 2.53. The summed E-state index contributed by atoms with van der Waals surface area (Å²) in [6.45, 7) is 0.119. The fourth-order valence-electron chi connectivity index (χ4n) is 2.93. The second kappa shape index (κ2) is 5.38. The zero-order chi connectivity index (χ0) is 16.8. The van der Waals surface area contributed by atoms with Gasteiger partial charge < -0.3 is 19.5 Å². The lowest BCUT2D eigenvalue weighted by atomic mass is 10.00. The maximum Gasteiger partial charge on any atom is 0.295 e. The van der Waals surface area contributed by atoms with Gasteiger partial charge in [-0.1, -0.05) is 6.07 Å². The summed E-state index contributed by atoms with van der Waals surface area (Å²) in [5, 5.41) is 12.6. The van der Waals surface area contributed by atoms with Gasteiger partial charge in [-0.05, 0) is 29.6 Å². The zero-order valence-corrected chi connectivity index (χ0v) is 13.5. The predicted molar refractivity (Wildman–Crippen MR) is 87.0 cm³/mol. The molecule has 7 heteroatoms. The first-order valence-corrected chi connectivity index (χ1v) is 8.14. The summed E-state index contributed by atoms with van der Waals surface area (Å²) in [6.07, 6.45) is 0. The van der Waals surface area contributed by atoms with E-state index < -0.39 is 17.7 Å². The summed E-state index contributed by atoms with van der Waals surface area (Å²) in [6, 6.07) is 8.00. The second-order valence-electron chi connectivity index (χ2n) is 5.49. The largest absolute Gasteiger partial charge is 0.507 e. The quantitative estimate of drug-likeness (QED) is 0.515. The molecule has 1 unspecified atom stereocenters. The van der Waals surface area contributed by atoms with Crippen LogP contribution >= 0.6 is 11.3 Å². The molecule has 2 aliphatic rings. The number of ketones is 1. The minimum absolute atomic E-state index is 0.0869. The maximum absolute atomic E-state index is 12.4. The smallest absolute Gasteiger partial charge is 0.295 e. The number of thiophene rings is 1. The van der Waals surface area contributed by atoms with Crippen molar-refractivity contribution in [3.63, 3.8) is 0 Å². The highest BCUT2D eigenvalue weighted by molar-refractivity contribution is 7.10. The Morgan fingerprint density at radius 1 is 1.25 bits per heavy atom. The molecule has 2 aromatic rings. The Morgan fingerprint density at radius 2 is 2.04 bits per heavy atom. The molecule has 1 fully saturated rings. The minimum Gasteiger partial charge on any atom is -0.507 e. The Hall–Kier alpha value is -2.80. The van der Waals surface area contributed by atoms with Crippen molar-refractivity contribution >= 4 is 28.8 Å². The number of likely N-dealkylation sites (tertiary alicyclic amines) is 1. The summed E-state index contributed by atoms with van der Waals surface area (Å²) in [4.78, 5) is 26.7. The highest BCUT2D eigenvalue weighted by atomic mass is 32.1. The molecular weight excluding hydrogens is 330 g/mol. The Kier molecular flexibility index (Phi) is 3.31. The lowest BCUT2D eigenvalue weighted by molar-refractivity contribution is -0.139. The van der Waals surface area contributed by atoms with Crippen molar-refractivity contribution in [3.05, 3.63) is 51.7 Å². The molecule has 1 aromatic heterocycles. The van der Waals surface area contributed by atoms with Gasteiger partial charge in [-0.25, -0.2) is 0 Å². The molecule has 1 amide bonds. The number of Topliss-reactive ketones (excluding diaryl/α,β-unsaturated/α-hetero) is 1. The molecule has 0 saturated carbocycles. The van der Waals surface area contributed by atoms with E-state index in [2.05, 4.69) is 0 Å². The fourth-order valence-corrected chi connectivity index (χ4v) is 3.80. The summed E-state index contributed by atoms with van der Waals surface area (Å²) in [5.74, 6) is -0.453. The summed E-state index contributed by atoms with van der Waals surface area (Å²) in [7, 11) is 1.56. The van der Waals surface area contributed by atoms with Crippen LogP contribution in [0.3, 0.4) is 0 Å². The van der Waals surface area contributed by atoms with Crippen LogP contribution in [0.2, 0.25) is 0 Å². The number of carbonyl (C=O) groups is 2. The standard InChI is InChI=1S/C17H13NO5S/c1-18-14(12-3-2-6-24-12)13(16(20)17(18)21)15(19)9-4-5-10-11(7-9)23-8-22-10/h2-7,14,19H,8H2,1H3/b15-13+. The van der Waals surface area contributed by atoms with E-state index in [1.54, 1.807) is 25.2 Å². The van der Waals surface area contributed by atoms with Crippen molar-refractivity contribution in [2.45, 2.75) is 6.04 Å². The summed E-state index contributed by atoms with van der Waals surface area (Å²) < 4.78 is 10.6. The third-order valence-electron chi connectivity index (χ3n) is 4.13. The molecule has 0 bridgehead atoms. The number of carbonyl (C=O) groups excluding carboxylic acids is 2. The number of hydrogen-bond acceptors (Lipinski definition) is 6. The van der Waals surface area contributed by atoms with Gasteiger partial charge in [0.25, 0.3) is 11.7 Å². The highest BCUT2D eigenvalue weighted by Gasteiger charge is 2.44. The molecule has 1 N–H and O–H groups in total. The molecule has 6 nitrogen and oxygen atoms in total. The third-order valence-corrected chi connectivity index (χ3v) is 5.06. The zero-order valence-electron chi connectivity index (χ0n) is 12.7. The van der Waals surface area contributed by atoms with Crippen molar-refractivity contribution < 1.29 is 24.2 Å². The van der Waals surface area contributed by atoms with Gasteiger partial charge in [0.2, 0.25) is 6.79 Å². The lowest BCUT2D eigenvalue weighted by Crippen LogP contribution is -2.24. The van der Waals surface area contributed by atoms with Crippen molar-refractivity contribution in [1.82, 2.24) is 4.90 Å². The van der Waals surface area contributed by atoms with Crippen molar-refractivity contribution in [1.29, 1.82) is 0 Å². The molecule has 0 spiro atoms. The van der Waals surface area contributed by atoms with Gasteiger partial charge in [0.05, 0.1) is 11.6 Å². The van der Waals surface area contributed by atoms with Crippen LogP contribution in [0.15, 0.2) is 41.3 Å². The first-order chi connectivity index (χ1) is 11.6. The number of amides is 1. The number of aliphatic hydroxyl groups excluding tert-OH is 1.